The summed E-state index contributed by atoms with van der Waals surface area (Å²) in [6.45, 7) is 0.786. The molecule has 0 aromatic heterocycles. The smallest absolute Gasteiger partial charge is 0.416 e. The van der Waals surface area contributed by atoms with Crippen molar-refractivity contribution in [1.82, 2.24) is 0 Å². The van der Waals surface area contributed by atoms with Crippen molar-refractivity contribution in [3.8, 4) is 5.75 Å². The molecular weight excluding hydrogens is 499 g/mol. The van der Waals surface area contributed by atoms with Crippen molar-refractivity contribution in [3.05, 3.63) is 83.4 Å². The van der Waals surface area contributed by atoms with Crippen LogP contribution in [0, 0.1) is 6.92 Å². The van der Waals surface area contributed by atoms with Gasteiger partial charge in [0.15, 0.2) is 0 Å². The van der Waals surface area contributed by atoms with Gasteiger partial charge in [0.25, 0.3) is 10.0 Å². The van der Waals surface area contributed by atoms with Gasteiger partial charge in [-0.25, -0.2) is 8.42 Å². The second kappa shape index (κ2) is 10.3. The molecule has 0 radical (unpaired) electrons. The van der Waals surface area contributed by atoms with Crippen LogP contribution in [0.5, 0.6) is 5.75 Å². The Bertz CT molecular complexity index is 1390. The number of aryl methyl sites for hydroxylation is 1. The topological polar surface area (TPSA) is 119 Å². The maximum Gasteiger partial charge on any atom is 0.416 e. The molecule has 8 nitrogen and oxygen atoms in total. The molecule has 0 atom stereocenters. The fraction of sp³-hybridized carbons (Fsp3) is 0.167. The summed E-state index contributed by atoms with van der Waals surface area (Å²) < 4.78 is 73.2. The first-order chi connectivity index (χ1) is 16.8. The molecule has 0 bridgehead atoms. The average molecular weight is 522 g/mol. The maximum absolute atomic E-state index is 13.7. The normalized spacial score (nSPS) is 11.6. The Kier molecular flexibility index (Phi) is 7.58. The molecule has 36 heavy (non-hydrogen) atoms. The summed E-state index contributed by atoms with van der Waals surface area (Å²) in [4.78, 5) is 23.7. The van der Waals surface area contributed by atoms with E-state index in [1.54, 1.807) is 13.0 Å². The van der Waals surface area contributed by atoms with E-state index in [1.165, 1.54) is 43.5 Å². The zero-order chi connectivity index (χ0) is 26.7. The van der Waals surface area contributed by atoms with Crippen LogP contribution in [0.15, 0.2) is 71.6 Å². The second-order valence-electron chi connectivity index (χ2n) is 7.70. The van der Waals surface area contributed by atoms with Gasteiger partial charge in [-0.2, -0.15) is 13.2 Å². The number of hydrogen-bond donors (Lipinski definition) is 2. The van der Waals surface area contributed by atoms with Gasteiger partial charge < -0.3 is 15.8 Å². The van der Waals surface area contributed by atoms with Gasteiger partial charge in [0.2, 0.25) is 11.8 Å². The highest BCUT2D eigenvalue weighted by Crippen LogP contribution is 2.35. The number of alkyl halides is 3. The third kappa shape index (κ3) is 5.95. The molecule has 0 aliphatic carbocycles. The van der Waals surface area contributed by atoms with Crippen molar-refractivity contribution >= 4 is 33.2 Å². The number of primary amides is 1. The molecule has 2 amide bonds. The molecule has 0 aliphatic rings. The van der Waals surface area contributed by atoms with Crippen LogP contribution in [0.25, 0.3) is 0 Å². The quantitative estimate of drug-likeness (QED) is 0.465. The van der Waals surface area contributed by atoms with Crippen LogP contribution in [0.1, 0.15) is 21.5 Å². The molecule has 0 heterocycles. The summed E-state index contributed by atoms with van der Waals surface area (Å²) in [5.74, 6) is -1.56. The number of nitrogens with zero attached hydrogens (tertiary/aromatic N) is 1. The van der Waals surface area contributed by atoms with Gasteiger partial charge in [-0.05, 0) is 67.1 Å². The first-order valence-corrected chi connectivity index (χ1v) is 11.8. The van der Waals surface area contributed by atoms with E-state index < -0.39 is 40.1 Å². The molecule has 3 aromatic carbocycles. The highest BCUT2D eigenvalue weighted by Gasteiger charge is 2.34. The molecule has 0 saturated heterocycles. The fourth-order valence-corrected chi connectivity index (χ4v) is 4.96. The molecule has 0 spiro atoms. The van der Waals surface area contributed by atoms with E-state index in [0.717, 1.165) is 18.2 Å². The molecule has 0 fully saturated rings. The predicted octanol–water partition coefficient (Wildman–Crippen LogP) is 3.96. The Hall–Kier alpha value is -4.06. The summed E-state index contributed by atoms with van der Waals surface area (Å²) in [5, 5.41) is 2.47. The number of carbonyl (C=O) groups is 2. The number of nitrogens with two attached hydrogens (primary N) is 1. The Morgan fingerprint density at radius 2 is 1.69 bits per heavy atom. The van der Waals surface area contributed by atoms with E-state index in [-0.39, 0.29) is 27.6 Å². The van der Waals surface area contributed by atoms with Crippen molar-refractivity contribution in [2.75, 3.05) is 23.3 Å². The Morgan fingerprint density at radius 1 is 1.03 bits per heavy atom. The number of hydrogen-bond acceptors (Lipinski definition) is 5. The standard InChI is InChI=1S/C24H22F3N3O5S/c1-15-6-11-20(35-2)21(12-15)36(33,34)30(19-5-3-4-17(13-19)24(25,26)27)14-22(31)29-18-9-7-16(8-10-18)23(28)32/h3-13H,14H2,1-2H3,(H2,28,32)(H,29,31). The van der Waals surface area contributed by atoms with E-state index >= 15 is 0 Å². The van der Waals surface area contributed by atoms with Crippen molar-refractivity contribution in [1.29, 1.82) is 0 Å². The van der Waals surface area contributed by atoms with Crippen LogP contribution in [-0.2, 0) is 21.0 Å². The van der Waals surface area contributed by atoms with Gasteiger partial charge in [0, 0.05) is 11.3 Å². The fourth-order valence-electron chi connectivity index (χ4n) is 3.31. The van der Waals surface area contributed by atoms with Gasteiger partial charge >= 0.3 is 6.18 Å². The van der Waals surface area contributed by atoms with E-state index in [1.807, 2.05) is 0 Å². The molecule has 0 unspecified atom stereocenters. The Labute approximate surface area is 205 Å². The molecule has 0 aliphatic heterocycles. The Morgan fingerprint density at radius 3 is 2.28 bits per heavy atom. The van der Waals surface area contributed by atoms with Crippen LogP contribution in [0.3, 0.4) is 0 Å². The van der Waals surface area contributed by atoms with Gasteiger partial charge in [0.1, 0.15) is 17.2 Å². The minimum Gasteiger partial charge on any atom is -0.495 e. The van der Waals surface area contributed by atoms with Crippen LogP contribution in [0.2, 0.25) is 0 Å². The summed E-state index contributed by atoms with van der Waals surface area (Å²) in [5.41, 5.74) is 4.70. The molecule has 190 valence electrons. The minimum atomic E-state index is -4.74. The lowest BCUT2D eigenvalue weighted by molar-refractivity contribution is -0.137. The number of amides is 2. The number of anilines is 2. The van der Waals surface area contributed by atoms with Crippen LogP contribution in [0.4, 0.5) is 24.5 Å². The highest BCUT2D eigenvalue weighted by molar-refractivity contribution is 7.93. The summed E-state index contributed by atoms with van der Waals surface area (Å²) >= 11 is 0. The second-order valence-corrected chi connectivity index (χ2v) is 9.53. The maximum atomic E-state index is 13.7. The van der Waals surface area contributed by atoms with E-state index in [2.05, 4.69) is 5.32 Å². The zero-order valence-corrected chi connectivity index (χ0v) is 20.0. The third-order valence-corrected chi connectivity index (χ3v) is 6.88. The number of halogens is 3. The predicted molar refractivity (Wildman–Crippen MR) is 127 cm³/mol. The van der Waals surface area contributed by atoms with Gasteiger partial charge in [0.05, 0.1) is 18.4 Å². The Balaban J connectivity index is 2.04. The first kappa shape index (κ1) is 26.5. The number of benzene rings is 3. The number of methoxy groups -OCH3 is 1. The minimum absolute atomic E-state index is 0.0416. The van der Waals surface area contributed by atoms with Gasteiger partial charge in [-0.3, -0.25) is 13.9 Å². The number of rotatable bonds is 8. The van der Waals surface area contributed by atoms with Gasteiger partial charge in [-0.1, -0.05) is 12.1 Å². The van der Waals surface area contributed by atoms with Gasteiger partial charge in [-0.15, -0.1) is 0 Å². The summed E-state index contributed by atoms with van der Waals surface area (Å²) in [6.07, 6.45) is -4.74. The van der Waals surface area contributed by atoms with Crippen molar-refractivity contribution in [3.63, 3.8) is 0 Å². The molecule has 3 aromatic rings. The average Bonchev–Trinajstić information content (AvgIpc) is 2.82. The van der Waals surface area contributed by atoms with E-state index in [4.69, 9.17) is 10.5 Å². The first-order valence-electron chi connectivity index (χ1n) is 10.4. The lowest BCUT2D eigenvalue weighted by Crippen LogP contribution is -2.38. The number of sulfonamides is 1. The highest BCUT2D eigenvalue weighted by atomic mass is 32.2. The van der Waals surface area contributed by atoms with Crippen molar-refractivity contribution in [2.24, 2.45) is 5.73 Å². The lowest BCUT2D eigenvalue weighted by atomic mass is 10.2. The number of carbonyl (C=O) groups excluding carboxylic acids is 2. The molecule has 0 saturated carbocycles. The van der Waals surface area contributed by atoms with Crippen molar-refractivity contribution in [2.45, 2.75) is 18.0 Å². The molecular formula is C24H22F3N3O5S. The monoisotopic (exact) mass is 521 g/mol. The van der Waals surface area contributed by atoms with Crippen LogP contribution < -0.4 is 20.1 Å². The van der Waals surface area contributed by atoms with E-state index in [9.17, 15) is 31.2 Å². The molecule has 3 N–H and O–H groups in total. The molecule has 3 rings (SSSR count). The third-order valence-electron chi connectivity index (χ3n) is 5.09. The summed E-state index contributed by atoms with van der Waals surface area (Å²) in [6, 6.07) is 13.4. The van der Waals surface area contributed by atoms with Crippen LogP contribution in [-0.4, -0.2) is 33.9 Å². The van der Waals surface area contributed by atoms with Crippen LogP contribution >= 0.6 is 0 Å². The largest absolute Gasteiger partial charge is 0.495 e. The zero-order valence-electron chi connectivity index (χ0n) is 19.2. The number of nitrogens with one attached hydrogen (secondary N) is 1. The van der Waals surface area contributed by atoms with E-state index in [0.29, 0.717) is 15.9 Å². The SMILES string of the molecule is COc1ccc(C)cc1S(=O)(=O)N(CC(=O)Nc1ccc(C(N)=O)cc1)c1cccc(C(F)(F)F)c1. The van der Waals surface area contributed by atoms with Crippen molar-refractivity contribution < 1.29 is 35.9 Å². The molecule has 12 heteroatoms. The summed E-state index contributed by atoms with van der Waals surface area (Å²) in [7, 11) is -3.32. The lowest BCUT2D eigenvalue weighted by Gasteiger charge is -2.26. The number of ether oxygens (including phenoxy) is 1.